The van der Waals surface area contributed by atoms with Gasteiger partial charge in [0.25, 0.3) is 10.1 Å². The highest BCUT2D eigenvalue weighted by Crippen LogP contribution is 2.24. The third kappa shape index (κ3) is 4.76. The van der Waals surface area contributed by atoms with Crippen LogP contribution in [0.25, 0.3) is 0 Å². The molecular formula is C12H18N2O4S. The molecule has 1 heterocycles. The van der Waals surface area contributed by atoms with Crippen molar-refractivity contribution in [1.82, 2.24) is 9.97 Å². The summed E-state index contributed by atoms with van der Waals surface area (Å²) in [5.41, 5.74) is 0.984. The Bertz CT molecular complexity index is 507. The average Bonchev–Trinajstić information content (AvgIpc) is 2.33. The molecule has 7 heteroatoms. The summed E-state index contributed by atoms with van der Waals surface area (Å²) in [5, 5.41) is 0. The monoisotopic (exact) mass is 286 g/mol. The van der Waals surface area contributed by atoms with Crippen molar-refractivity contribution in [2.45, 2.75) is 44.8 Å². The molecule has 0 aromatic carbocycles. The van der Waals surface area contributed by atoms with Gasteiger partial charge in [-0.25, -0.2) is 9.97 Å². The Kier molecular flexibility index (Phi) is 4.36. The molecule has 0 spiro atoms. The number of rotatable bonds is 4. The largest absolute Gasteiger partial charge is 0.460 e. The Hall–Kier alpha value is -1.21. The van der Waals surface area contributed by atoms with Gasteiger partial charge in [0.1, 0.15) is 6.10 Å². The van der Waals surface area contributed by atoms with Crippen molar-refractivity contribution in [3.63, 3.8) is 0 Å². The molecule has 6 nitrogen and oxygen atoms in total. The van der Waals surface area contributed by atoms with Gasteiger partial charge in [-0.2, -0.15) is 8.42 Å². The fourth-order valence-corrected chi connectivity index (χ4v) is 2.77. The van der Waals surface area contributed by atoms with Gasteiger partial charge in [0.15, 0.2) is 0 Å². The van der Waals surface area contributed by atoms with Gasteiger partial charge >= 0.3 is 6.01 Å². The van der Waals surface area contributed by atoms with Crippen LogP contribution in [-0.4, -0.2) is 36.8 Å². The summed E-state index contributed by atoms with van der Waals surface area (Å²) >= 11 is 0. The first-order chi connectivity index (χ1) is 8.92. The normalized spacial score (nSPS) is 24.1. The maximum absolute atomic E-state index is 11.0. The Morgan fingerprint density at radius 3 is 2.16 bits per heavy atom. The summed E-state index contributed by atoms with van der Waals surface area (Å²) in [5.74, 6) is 0. The third-order valence-corrected chi connectivity index (χ3v) is 3.58. The molecule has 0 unspecified atom stereocenters. The van der Waals surface area contributed by atoms with E-state index in [1.807, 2.05) is 6.92 Å². The molecule has 0 aliphatic heterocycles. The van der Waals surface area contributed by atoms with E-state index < -0.39 is 10.1 Å². The zero-order valence-corrected chi connectivity index (χ0v) is 11.9. The molecule has 0 saturated heterocycles. The van der Waals surface area contributed by atoms with E-state index >= 15 is 0 Å². The van der Waals surface area contributed by atoms with Crippen LogP contribution in [0.15, 0.2) is 12.4 Å². The Morgan fingerprint density at radius 1 is 1.11 bits per heavy atom. The van der Waals surface area contributed by atoms with E-state index in [1.54, 1.807) is 12.4 Å². The Morgan fingerprint density at radius 2 is 1.63 bits per heavy atom. The molecule has 106 valence electrons. The molecule has 0 bridgehead atoms. The molecule has 1 aromatic rings. The predicted molar refractivity (Wildman–Crippen MR) is 69.4 cm³/mol. The summed E-state index contributed by atoms with van der Waals surface area (Å²) in [7, 11) is -3.37. The summed E-state index contributed by atoms with van der Waals surface area (Å²) < 4.78 is 32.7. The summed E-state index contributed by atoms with van der Waals surface area (Å²) in [4.78, 5) is 8.18. The second kappa shape index (κ2) is 5.83. The van der Waals surface area contributed by atoms with Gasteiger partial charge in [-0.05, 0) is 38.2 Å². The summed E-state index contributed by atoms with van der Waals surface area (Å²) in [6.07, 6.45) is 7.13. The van der Waals surface area contributed by atoms with Crippen molar-refractivity contribution < 1.29 is 17.3 Å². The number of ether oxygens (including phenoxy) is 1. The van der Waals surface area contributed by atoms with Gasteiger partial charge < -0.3 is 4.74 Å². The first-order valence-electron chi connectivity index (χ1n) is 6.26. The smallest absolute Gasteiger partial charge is 0.316 e. The van der Waals surface area contributed by atoms with E-state index in [4.69, 9.17) is 8.92 Å². The van der Waals surface area contributed by atoms with Crippen LogP contribution in [0.5, 0.6) is 6.01 Å². The molecule has 2 rings (SSSR count). The maximum Gasteiger partial charge on any atom is 0.316 e. The van der Waals surface area contributed by atoms with Crippen molar-refractivity contribution in [3.05, 3.63) is 18.0 Å². The summed E-state index contributed by atoms with van der Waals surface area (Å²) in [6, 6.07) is 0.373. The minimum absolute atomic E-state index is 0.0297. The number of aromatic nitrogens is 2. The number of nitrogens with zero attached hydrogens (tertiary/aromatic N) is 2. The van der Waals surface area contributed by atoms with Crippen LogP contribution in [-0.2, 0) is 14.3 Å². The van der Waals surface area contributed by atoms with E-state index in [0.29, 0.717) is 18.9 Å². The number of hydrogen-bond acceptors (Lipinski definition) is 6. The Labute approximate surface area is 113 Å². The molecular weight excluding hydrogens is 268 g/mol. The van der Waals surface area contributed by atoms with Crippen molar-refractivity contribution in [2.75, 3.05) is 6.26 Å². The third-order valence-electron chi connectivity index (χ3n) is 2.96. The first kappa shape index (κ1) is 14.2. The predicted octanol–water partition coefficient (Wildman–Crippen LogP) is 1.45. The number of hydrogen-bond donors (Lipinski definition) is 0. The molecule has 0 amide bonds. The van der Waals surface area contributed by atoms with Gasteiger partial charge in [0, 0.05) is 12.4 Å². The summed E-state index contributed by atoms with van der Waals surface area (Å²) in [6.45, 7) is 1.91. The molecule has 0 atom stereocenters. The van der Waals surface area contributed by atoms with Gasteiger partial charge in [-0.1, -0.05) is 0 Å². The molecule has 0 N–H and O–H groups in total. The lowest BCUT2D eigenvalue weighted by molar-refractivity contribution is 0.0787. The molecule has 0 radical (unpaired) electrons. The van der Waals surface area contributed by atoms with Gasteiger partial charge in [-0.3, -0.25) is 4.18 Å². The standard InChI is InChI=1S/C12H18N2O4S/c1-9-7-13-12(14-8-9)17-10-3-5-11(6-4-10)18-19(2,15)16/h7-8,10-11H,3-6H2,1-2H3/t10-,11-. The highest BCUT2D eigenvalue weighted by atomic mass is 32.2. The van der Waals surface area contributed by atoms with Crippen molar-refractivity contribution in [3.8, 4) is 6.01 Å². The average molecular weight is 286 g/mol. The first-order valence-corrected chi connectivity index (χ1v) is 8.07. The van der Waals surface area contributed by atoms with E-state index in [1.165, 1.54) is 0 Å². The molecule has 19 heavy (non-hydrogen) atoms. The van der Waals surface area contributed by atoms with E-state index in [9.17, 15) is 8.42 Å². The van der Waals surface area contributed by atoms with E-state index in [2.05, 4.69) is 9.97 Å². The van der Waals surface area contributed by atoms with Crippen LogP contribution in [0.2, 0.25) is 0 Å². The van der Waals surface area contributed by atoms with Crippen molar-refractivity contribution in [2.24, 2.45) is 0 Å². The van der Waals surface area contributed by atoms with Crippen molar-refractivity contribution >= 4 is 10.1 Å². The second-order valence-electron chi connectivity index (χ2n) is 4.86. The van der Waals surface area contributed by atoms with Gasteiger partial charge in [0.2, 0.25) is 0 Å². The van der Waals surface area contributed by atoms with Gasteiger partial charge in [-0.15, -0.1) is 0 Å². The fraction of sp³-hybridized carbons (Fsp3) is 0.667. The van der Waals surface area contributed by atoms with Crippen LogP contribution in [0.3, 0.4) is 0 Å². The molecule has 1 aromatic heterocycles. The maximum atomic E-state index is 11.0. The topological polar surface area (TPSA) is 78.4 Å². The minimum Gasteiger partial charge on any atom is -0.460 e. The number of aryl methyl sites for hydroxylation is 1. The van der Waals surface area contributed by atoms with Crippen molar-refractivity contribution in [1.29, 1.82) is 0 Å². The van der Waals surface area contributed by atoms with Crippen LogP contribution in [0.1, 0.15) is 31.2 Å². The lowest BCUT2D eigenvalue weighted by atomic mass is 9.95. The minimum atomic E-state index is -3.37. The quantitative estimate of drug-likeness (QED) is 0.780. The molecule has 1 saturated carbocycles. The lowest BCUT2D eigenvalue weighted by Crippen LogP contribution is -2.30. The highest BCUT2D eigenvalue weighted by Gasteiger charge is 2.25. The van der Waals surface area contributed by atoms with E-state index in [-0.39, 0.29) is 12.2 Å². The van der Waals surface area contributed by atoms with Crippen LogP contribution in [0, 0.1) is 6.92 Å². The van der Waals surface area contributed by atoms with Crippen LogP contribution < -0.4 is 4.74 Å². The molecule has 1 aliphatic rings. The van der Waals surface area contributed by atoms with Crippen LogP contribution in [0.4, 0.5) is 0 Å². The van der Waals surface area contributed by atoms with Crippen LogP contribution >= 0.6 is 0 Å². The second-order valence-corrected chi connectivity index (χ2v) is 6.46. The lowest BCUT2D eigenvalue weighted by Gasteiger charge is -2.27. The van der Waals surface area contributed by atoms with Gasteiger partial charge in [0.05, 0.1) is 12.4 Å². The highest BCUT2D eigenvalue weighted by molar-refractivity contribution is 7.86. The molecule has 1 fully saturated rings. The van der Waals surface area contributed by atoms with E-state index in [0.717, 1.165) is 24.7 Å². The molecule has 1 aliphatic carbocycles. The SMILES string of the molecule is Cc1cnc(O[C@H]2CC[C@H](OS(C)(=O)=O)CC2)nc1. The zero-order valence-electron chi connectivity index (χ0n) is 11.1. The Balaban J connectivity index is 1.82. The zero-order chi connectivity index (χ0) is 13.9. The fourth-order valence-electron chi connectivity index (χ4n) is 2.08.